The predicted octanol–water partition coefficient (Wildman–Crippen LogP) is 2.09. The average Bonchev–Trinajstić information content (AvgIpc) is 3.01. The summed E-state index contributed by atoms with van der Waals surface area (Å²) in [6.07, 6.45) is 3.57. The van der Waals surface area contributed by atoms with Gasteiger partial charge < -0.3 is 9.47 Å². The minimum Gasteiger partial charge on any atom is -0.344 e. The van der Waals surface area contributed by atoms with Gasteiger partial charge in [0, 0.05) is 18.1 Å². The summed E-state index contributed by atoms with van der Waals surface area (Å²) < 4.78 is 13.8. The molecule has 4 heterocycles. The fourth-order valence-corrected chi connectivity index (χ4v) is 4.34. The maximum atomic E-state index is 6.04. The standard InChI is InChI=1S/C12H13ClN4O2S/c1-12(2)18-6-5-20-8(7(6)19-12)10-15-16-11-9(13)14-3-4-17(10)11/h3-4,6-8H,5H2,1-2H3/t6-,7-,8-/m1/s1. The molecule has 0 spiro atoms. The van der Waals surface area contributed by atoms with Crippen LogP contribution in [-0.4, -0.2) is 43.3 Å². The van der Waals surface area contributed by atoms with Gasteiger partial charge in [-0.25, -0.2) is 4.98 Å². The molecule has 0 radical (unpaired) electrons. The molecule has 6 nitrogen and oxygen atoms in total. The second-order valence-electron chi connectivity index (χ2n) is 5.36. The normalized spacial score (nSPS) is 31.9. The van der Waals surface area contributed by atoms with Gasteiger partial charge in [0.2, 0.25) is 0 Å². The quantitative estimate of drug-likeness (QED) is 0.803. The third-order valence-electron chi connectivity index (χ3n) is 3.52. The van der Waals surface area contributed by atoms with Crippen LogP contribution in [0, 0.1) is 0 Å². The van der Waals surface area contributed by atoms with E-state index >= 15 is 0 Å². The van der Waals surface area contributed by atoms with Crippen molar-refractivity contribution in [1.29, 1.82) is 0 Å². The number of hydrogen-bond donors (Lipinski definition) is 0. The third-order valence-corrected chi connectivity index (χ3v) is 5.15. The Morgan fingerprint density at radius 3 is 3.10 bits per heavy atom. The van der Waals surface area contributed by atoms with Gasteiger partial charge in [-0.15, -0.1) is 22.0 Å². The van der Waals surface area contributed by atoms with Crippen molar-refractivity contribution in [3.63, 3.8) is 0 Å². The zero-order chi connectivity index (χ0) is 13.9. The van der Waals surface area contributed by atoms with Gasteiger partial charge in [0.15, 0.2) is 22.4 Å². The molecule has 106 valence electrons. The molecule has 2 saturated heterocycles. The van der Waals surface area contributed by atoms with Gasteiger partial charge in [-0.05, 0) is 13.8 Å². The Balaban J connectivity index is 1.75. The van der Waals surface area contributed by atoms with E-state index < -0.39 is 5.79 Å². The highest BCUT2D eigenvalue weighted by molar-refractivity contribution is 7.99. The van der Waals surface area contributed by atoms with E-state index in [2.05, 4.69) is 15.2 Å². The minimum atomic E-state index is -0.533. The number of aromatic nitrogens is 4. The molecule has 8 heteroatoms. The lowest BCUT2D eigenvalue weighted by molar-refractivity contribution is -0.145. The number of thioether (sulfide) groups is 1. The van der Waals surface area contributed by atoms with Gasteiger partial charge >= 0.3 is 0 Å². The van der Waals surface area contributed by atoms with E-state index in [1.807, 2.05) is 24.4 Å². The Labute approximate surface area is 124 Å². The number of nitrogens with zero attached hydrogens (tertiary/aromatic N) is 4. The number of fused-ring (bicyclic) bond motifs is 2. The van der Waals surface area contributed by atoms with Gasteiger partial charge in [0.1, 0.15) is 6.10 Å². The first-order valence-electron chi connectivity index (χ1n) is 6.37. The Kier molecular flexibility index (Phi) is 2.76. The summed E-state index contributed by atoms with van der Waals surface area (Å²) in [6.45, 7) is 3.88. The second-order valence-corrected chi connectivity index (χ2v) is 6.89. The number of rotatable bonds is 1. The molecule has 0 saturated carbocycles. The summed E-state index contributed by atoms with van der Waals surface area (Å²) in [5.74, 6) is 1.20. The van der Waals surface area contributed by atoms with Crippen molar-refractivity contribution in [2.75, 3.05) is 5.75 Å². The SMILES string of the molecule is CC1(C)O[C@@H]2[C@@H](CS[C@H]2c2nnc3c(Cl)nccn23)O1. The molecule has 0 N–H and O–H groups in total. The van der Waals surface area contributed by atoms with Gasteiger partial charge in [-0.1, -0.05) is 11.6 Å². The monoisotopic (exact) mass is 312 g/mol. The van der Waals surface area contributed by atoms with E-state index in [0.717, 1.165) is 11.6 Å². The molecule has 4 rings (SSSR count). The van der Waals surface area contributed by atoms with Crippen LogP contribution in [0.4, 0.5) is 0 Å². The lowest BCUT2D eigenvalue weighted by Gasteiger charge is -2.20. The minimum absolute atomic E-state index is 0.00524. The Morgan fingerprint density at radius 1 is 1.40 bits per heavy atom. The Morgan fingerprint density at radius 2 is 2.25 bits per heavy atom. The van der Waals surface area contributed by atoms with E-state index in [4.69, 9.17) is 21.1 Å². The molecule has 0 bridgehead atoms. The first-order chi connectivity index (χ1) is 9.55. The van der Waals surface area contributed by atoms with Crippen LogP contribution in [0.3, 0.4) is 0 Å². The van der Waals surface area contributed by atoms with Crippen molar-refractivity contribution >= 4 is 29.0 Å². The van der Waals surface area contributed by atoms with Gasteiger partial charge in [-0.2, -0.15) is 0 Å². The first-order valence-corrected chi connectivity index (χ1v) is 7.80. The van der Waals surface area contributed by atoms with Gasteiger partial charge in [0.05, 0.1) is 11.4 Å². The Hall–Kier alpha value is -0.890. The van der Waals surface area contributed by atoms with E-state index in [1.54, 1.807) is 18.0 Å². The van der Waals surface area contributed by atoms with Crippen LogP contribution < -0.4 is 0 Å². The molecular formula is C12H13ClN4O2S. The third kappa shape index (κ3) is 1.84. The predicted molar refractivity (Wildman–Crippen MR) is 74.8 cm³/mol. The topological polar surface area (TPSA) is 61.5 Å². The fraction of sp³-hybridized carbons (Fsp3) is 0.583. The number of hydrogen-bond acceptors (Lipinski definition) is 6. The van der Waals surface area contributed by atoms with Crippen molar-refractivity contribution in [2.24, 2.45) is 0 Å². The molecule has 3 atom stereocenters. The van der Waals surface area contributed by atoms with Crippen molar-refractivity contribution in [3.05, 3.63) is 23.4 Å². The van der Waals surface area contributed by atoms with E-state index in [-0.39, 0.29) is 17.5 Å². The highest BCUT2D eigenvalue weighted by Crippen LogP contribution is 2.48. The molecule has 2 aliphatic heterocycles. The lowest BCUT2D eigenvalue weighted by atomic mass is 10.1. The maximum absolute atomic E-state index is 6.04. The molecule has 0 amide bonds. The zero-order valence-electron chi connectivity index (χ0n) is 11.0. The van der Waals surface area contributed by atoms with Crippen LogP contribution in [0.15, 0.2) is 12.4 Å². The number of ether oxygens (including phenoxy) is 2. The van der Waals surface area contributed by atoms with Gasteiger partial charge in [-0.3, -0.25) is 4.40 Å². The van der Waals surface area contributed by atoms with Crippen molar-refractivity contribution in [2.45, 2.75) is 37.1 Å². The van der Waals surface area contributed by atoms with Crippen LogP contribution in [0.2, 0.25) is 5.15 Å². The van der Waals surface area contributed by atoms with E-state index in [9.17, 15) is 0 Å². The molecule has 0 aromatic carbocycles. The van der Waals surface area contributed by atoms with Gasteiger partial charge in [0.25, 0.3) is 0 Å². The molecule has 0 unspecified atom stereocenters. The molecular weight excluding hydrogens is 300 g/mol. The van der Waals surface area contributed by atoms with Crippen LogP contribution in [0.1, 0.15) is 24.9 Å². The summed E-state index contributed by atoms with van der Waals surface area (Å²) in [5.41, 5.74) is 0.575. The smallest absolute Gasteiger partial charge is 0.198 e. The molecule has 20 heavy (non-hydrogen) atoms. The molecule has 0 aliphatic carbocycles. The highest BCUT2D eigenvalue weighted by Gasteiger charge is 2.51. The Bertz CT molecular complexity index is 677. The largest absolute Gasteiger partial charge is 0.344 e. The van der Waals surface area contributed by atoms with Crippen LogP contribution in [0.5, 0.6) is 0 Å². The summed E-state index contributed by atoms with van der Waals surface area (Å²) in [6, 6.07) is 0. The zero-order valence-corrected chi connectivity index (χ0v) is 12.6. The molecule has 2 aromatic heterocycles. The molecule has 2 aliphatic rings. The number of halogens is 1. The van der Waals surface area contributed by atoms with Crippen molar-refractivity contribution < 1.29 is 9.47 Å². The van der Waals surface area contributed by atoms with Crippen LogP contribution >= 0.6 is 23.4 Å². The molecule has 2 fully saturated rings. The van der Waals surface area contributed by atoms with E-state index in [0.29, 0.717) is 10.8 Å². The summed E-state index contributed by atoms with van der Waals surface area (Å²) in [5, 5.41) is 8.85. The first kappa shape index (κ1) is 12.8. The summed E-state index contributed by atoms with van der Waals surface area (Å²) >= 11 is 7.81. The van der Waals surface area contributed by atoms with Crippen molar-refractivity contribution in [3.8, 4) is 0 Å². The average molecular weight is 313 g/mol. The molecule has 2 aromatic rings. The van der Waals surface area contributed by atoms with Crippen molar-refractivity contribution in [1.82, 2.24) is 19.6 Å². The maximum Gasteiger partial charge on any atom is 0.198 e. The van der Waals surface area contributed by atoms with Crippen LogP contribution in [-0.2, 0) is 9.47 Å². The lowest BCUT2D eigenvalue weighted by Crippen LogP contribution is -2.24. The highest BCUT2D eigenvalue weighted by atomic mass is 35.5. The van der Waals surface area contributed by atoms with E-state index in [1.165, 1.54) is 0 Å². The second kappa shape index (κ2) is 4.30. The fourth-order valence-electron chi connectivity index (χ4n) is 2.77. The van der Waals surface area contributed by atoms with Crippen LogP contribution in [0.25, 0.3) is 5.65 Å². The summed E-state index contributed by atoms with van der Waals surface area (Å²) in [7, 11) is 0. The summed E-state index contributed by atoms with van der Waals surface area (Å²) in [4.78, 5) is 4.02.